The zero-order valence-corrected chi connectivity index (χ0v) is 10.7. The molecule has 82 valence electrons. The van der Waals surface area contributed by atoms with E-state index in [1.807, 2.05) is 32.0 Å². The highest BCUT2D eigenvalue weighted by atomic mass is 35.5. The minimum atomic E-state index is 0.0504. The summed E-state index contributed by atoms with van der Waals surface area (Å²) in [5.41, 5.74) is 2.93. The van der Waals surface area contributed by atoms with Crippen LogP contribution in [0.1, 0.15) is 26.4 Å². The number of benzene rings is 1. The summed E-state index contributed by atoms with van der Waals surface area (Å²) in [6.45, 7) is 3.97. The van der Waals surface area contributed by atoms with Gasteiger partial charge < -0.3 is 0 Å². The number of thiophene rings is 1. The SMILES string of the molecule is Cc1ccc(C(=O)c2ccc(Cl)s2)c(C)c1. The molecule has 2 aromatic rings. The fourth-order valence-electron chi connectivity index (χ4n) is 1.64. The van der Waals surface area contributed by atoms with Gasteiger partial charge in [-0.1, -0.05) is 35.4 Å². The molecule has 0 saturated carbocycles. The lowest BCUT2D eigenvalue weighted by Gasteiger charge is -2.04. The van der Waals surface area contributed by atoms with Crippen LogP contribution in [0.15, 0.2) is 30.3 Å². The summed E-state index contributed by atoms with van der Waals surface area (Å²) in [5.74, 6) is 0.0504. The van der Waals surface area contributed by atoms with Crippen molar-refractivity contribution in [3.63, 3.8) is 0 Å². The summed E-state index contributed by atoms with van der Waals surface area (Å²) in [4.78, 5) is 12.8. The van der Waals surface area contributed by atoms with Crippen LogP contribution in [0.25, 0.3) is 0 Å². The van der Waals surface area contributed by atoms with Crippen LogP contribution >= 0.6 is 22.9 Å². The largest absolute Gasteiger partial charge is 0.288 e. The maximum Gasteiger partial charge on any atom is 0.203 e. The predicted molar refractivity (Wildman–Crippen MR) is 68.7 cm³/mol. The first-order chi connectivity index (χ1) is 7.58. The van der Waals surface area contributed by atoms with Crippen LogP contribution in [-0.4, -0.2) is 5.78 Å². The summed E-state index contributed by atoms with van der Waals surface area (Å²) < 4.78 is 0.646. The number of hydrogen-bond donors (Lipinski definition) is 0. The van der Waals surface area contributed by atoms with E-state index in [-0.39, 0.29) is 5.78 Å². The molecular formula is C13H11ClOS. The highest BCUT2D eigenvalue weighted by Gasteiger charge is 2.13. The van der Waals surface area contributed by atoms with Crippen molar-refractivity contribution in [2.75, 3.05) is 0 Å². The van der Waals surface area contributed by atoms with Gasteiger partial charge in [-0.2, -0.15) is 0 Å². The Hall–Kier alpha value is -1.12. The molecule has 1 aromatic carbocycles. The van der Waals surface area contributed by atoms with Gasteiger partial charge in [-0.15, -0.1) is 11.3 Å². The van der Waals surface area contributed by atoms with Gasteiger partial charge in [-0.25, -0.2) is 0 Å². The molecular weight excluding hydrogens is 240 g/mol. The molecule has 1 nitrogen and oxygen atoms in total. The first-order valence-corrected chi connectivity index (χ1v) is 6.14. The highest BCUT2D eigenvalue weighted by Crippen LogP contribution is 2.25. The van der Waals surface area contributed by atoms with Gasteiger partial charge in [0.2, 0.25) is 5.78 Å². The van der Waals surface area contributed by atoms with Crippen molar-refractivity contribution in [1.29, 1.82) is 0 Å². The van der Waals surface area contributed by atoms with E-state index in [4.69, 9.17) is 11.6 Å². The van der Waals surface area contributed by atoms with Crippen molar-refractivity contribution >= 4 is 28.7 Å². The predicted octanol–water partition coefficient (Wildman–Crippen LogP) is 4.25. The van der Waals surface area contributed by atoms with Crippen molar-refractivity contribution in [2.45, 2.75) is 13.8 Å². The van der Waals surface area contributed by atoms with E-state index >= 15 is 0 Å². The molecule has 16 heavy (non-hydrogen) atoms. The second kappa shape index (κ2) is 4.40. The lowest BCUT2D eigenvalue weighted by atomic mass is 10.0. The van der Waals surface area contributed by atoms with Gasteiger partial charge >= 0.3 is 0 Å². The molecule has 2 rings (SSSR count). The number of hydrogen-bond acceptors (Lipinski definition) is 2. The van der Waals surface area contributed by atoms with Crippen LogP contribution in [-0.2, 0) is 0 Å². The van der Waals surface area contributed by atoms with Crippen LogP contribution in [0.2, 0.25) is 4.34 Å². The maximum absolute atomic E-state index is 12.1. The standard InChI is InChI=1S/C13H11ClOS/c1-8-3-4-10(9(2)7-8)13(15)11-5-6-12(14)16-11/h3-7H,1-2H3. The molecule has 0 bridgehead atoms. The second-order valence-corrected chi connectivity index (χ2v) is 5.47. The Morgan fingerprint density at radius 2 is 1.94 bits per heavy atom. The summed E-state index contributed by atoms with van der Waals surface area (Å²) in [6, 6.07) is 9.37. The molecule has 0 spiro atoms. The number of ketones is 1. The average molecular weight is 251 g/mol. The molecule has 0 unspecified atom stereocenters. The summed E-state index contributed by atoms with van der Waals surface area (Å²) >= 11 is 7.14. The molecule has 0 saturated heterocycles. The zero-order valence-electron chi connectivity index (χ0n) is 9.08. The van der Waals surface area contributed by atoms with Crippen LogP contribution < -0.4 is 0 Å². The second-order valence-electron chi connectivity index (χ2n) is 3.75. The van der Waals surface area contributed by atoms with Gasteiger partial charge in [0.1, 0.15) is 0 Å². The van der Waals surface area contributed by atoms with Gasteiger partial charge in [-0.3, -0.25) is 4.79 Å². The number of carbonyl (C=O) groups is 1. The van der Waals surface area contributed by atoms with E-state index in [1.165, 1.54) is 16.9 Å². The molecule has 3 heteroatoms. The first-order valence-electron chi connectivity index (χ1n) is 4.95. The van der Waals surface area contributed by atoms with Crippen molar-refractivity contribution < 1.29 is 4.79 Å². The fourth-order valence-corrected chi connectivity index (χ4v) is 2.63. The van der Waals surface area contributed by atoms with Gasteiger partial charge in [0.15, 0.2) is 0 Å². The summed E-state index contributed by atoms with van der Waals surface area (Å²) in [7, 11) is 0. The van der Waals surface area contributed by atoms with E-state index in [0.29, 0.717) is 9.21 Å². The molecule has 0 N–H and O–H groups in total. The number of aryl methyl sites for hydroxylation is 2. The third-order valence-electron chi connectivity index (χ3n) is 2.42. The van der Waals surface area contributed by atoms with E-state index in [2.05, 4.69) is 0 Å². The monoisotopic (exact) mass is 250 g/mol. The van der Waals surface area contributed by atoms with Crippen molar-refractivity contribution in [3.05, 3.63) is 56.2 Å². The van der Waals surface area contributed by atoms with Crippen molar-refractivity contribution in [2.24, 2.45) is 0 Å². The first kappa shape index (κ1) is 11.4. The minimum absolute atomic E-state index is 0.0504. The Balaban J connectivity index is 2.41. The Morgan fingerprint density at radius 1 is 1.19 bits per heavy atom. The molecule has 1 heterocycles. The lowest BCUT2D eigenvalue weighted by molar-refractivity contribution is 0.104. The van der Waals surface area contributed by atoms with E-state index in [0.717, 1.165) is 11.1 Å². The maximum atomic E-state index is 12.1. The van der Waals surface area contributed by atoms with Crippen molar-refractivity contribution in [3.8, 4) is 0 Å². The van der Waals surface area contributed by atoms with Crippen LogP contribution in [0.4, 0.5) is 0 Å². The molecule has 0 fully saturated rings. The zero-order chi connectivity index (χ0) is 11.7. The number of carbonyl (C=O) groups excluding carboxylic acids is 1. The molecule has 0 aliphatic carbocycles. The Kier molecular flexibility index (Phi) is 3.13. The van der Waals surface area contributed by atoms with Gasteiger partial charge in [0.25, 0.3) is 0 Å². The van der Waals surface area contributed by atoms with E-state index in [9.17, 15) is 4.79 Å². The van der Waals surface area contributed by atoms with Crippen LogP contribution in [0.5, 0.6) is 0 Å². The lowest BCUT2D eigenvalue weighted by Crippen LogP contribution is -2.01. The Bertz CT molecular complexity index is 543. The quantitative estimate of drug-likeness (QED) is 0.729. The third kappa shape index (κ3) is 2.18. The normalized spacial score (nSPS) is 10.4. The average Bonchev–Trinajstić information content (AvgIpc) is 2.64. The Morgan fingerprint density at radius 3 is 2.50 bits per heavy atom. The molecule has 1 aromatic heterocycles. The minimum Gasteiger partial charge on any atom is -0.288 e. The van der Waals surface area contributed by atoms with E-state index < -0.39 is 0 Å². The summed E-state index contributed by atoms with van der Waals surface area (Å²) in [5, 5.41) is 0. The summed E-state index contributed by atoms with van der Waals surface area (Å²) in [6.07, 6.45) is 0. The smallest absolute Gasteiger partial charge is 0.203 e. The third-order valence-corrected chi connectivity index (χ3v) is 3.65. The molecule has 0 aliphatic rings. The van der Waals surface area contributed by atoms with Crippen molar-refractivity contribution in [1.82, 2.24) is 0 Å². The van der Waals surface area contributed by atoms with Gasteiger partial charge in [-0.05, 0) is 31.5 Å². The number of halogens is 1. The highest BCUT2D eigenvalue weighted by molar-refractivity contribution is 7.18. The van der Waals surface area contributed by atoms with Crippen LogP contribution in [0, 0.1) is 13.8 Å². The molecule has 0 amide bonds. The fraction of sp³-hybridized carbons (Fsp3) is 0.154. The molecule has 0 aliphatic heterocycles. The molecule has 0 radical (unpaired) electrons. The topological polar surface area (TPSA) is 17.1 Å². The van der Waals surface area contributed by atoms with Gasteiger partial charge in [0.05, 0.1) is 9.21 Å². The Labute approximate surface area is 104 Å². The molecule has 0 atom stereocenters. The van der Waals surface area contributed by atoms with Crippen LogP contribution in [0.3, 0.4) is 0 Å². The van der Waals surface area contributed by atoms with E-state index in [1.54, 1.807) is 12.1 Å². The number of rotatable bonds is 2. The van der Waals surface area contributed by atoms with Gasteiger partial charge in [0, 0.05) is 5.56 Å².